The minimum atomic E-state index is -1.59. The first kappa shape index (κ1) is 49.2. The van der Waals surface area contributed by atoms with Crippen molar-refractivity contribution in [1.82, 2.24) is 15.3 Å². The third-order valence-electron chi connectivity index (χ3n) is 6.76. The van der Waals surface area contributed by atoms with Crippen molar-refractivity contribution in [3.63, 3.8) is 0 Å². The molecular formula is C43H60N4O8. The maximum atomic E-state index is 13.1. The number of aliphatic hydroxyl groups is 1. The van der Waals surface area contributed by atoms with E-state index >= 15 is 0 Å². The Balaban J connectivity index is 0.00000111. The fourth-order valence-corrected chi connectivity index (χ4v) is 4.71. The highest BCUT2D eigenvalue weighted by atomic mass is 16.5. The molecule has 2 amide bonds. The molecule has 0 radical (unpaired) electrons. The summed E-state index contributed by atoms with van der Waals surface area (Å²) in [5.41, 5.74) is 7.97. The van der Waals surface area contributed by atoms with Crippen molar-refractivity contribution in [2.45, 2.75) is 108 Å². The number of carboxylic acids is 1. The summed E-state index contributed by atoms with van der Waals surface area (Å²) >= 11 is 0. The van der Waals surface area contributed by atoms with Crippen molar-refractivity contribution < 1.29 is 38.2 Å². The van der Waals surface area contributed by atoms with Crippen LogP contribution in [0.3, 0.4) is 0 Å². The Hall–Kier alpha value is -5.75. The Morgan fingerprint density at radius 1 is 0.745 bits per heavy atom. The minimum absolute atomic E-state index is 0. The Kier molecular flexibility index (Phi) is 22.0. The average Bonchev–Trinajstić information content (AvgIpc) is 3.77. The largest absolute Gasteiger partial charge is 0.488 e. The van der Waals surface area contributed by atoms with Crippen molar-refractivity contribution in [3.8, 4) is 28.3 Å². The number of hydrogen-bond donors (Lipinski definition) is 4. The number of nitrogens with zero attached hydrogens (tertiary/aromatic N) is 2. The Bertz CT molecular complexity index is 1850. The zero-order valence-corrected chi connectivity index (χ0v) is 33.3. The summed E-state index contributed by atoms with van der Waals surface area (Å²) in [4.78, 5) is 44.0. The van der Waals surface area contributed by atoms with Gasteiger partial charge in [-0.2, -0.15) is 0 Å². The molecule has 0 aliphatic rings. The molecule has 2 atom stereocenters. The molecule has 5 N–H and O–H groups in total. The van der Waals surface area contributed by atoms with Crippen molar-refractivity contribution in [2.24, 2.45) is 5.73 Å². The number of aliphatic hydroxyl groups excluding tert-OH is 1. The van der Waals surface area contributed by atoms with E-state index in [1.54, 1.807) is 38.1 Å². The van der Waals surface area contributed by atoms with Crippen molar-refractivity contribution in [3.05, 3.63) is 114 Å². The first-order valence-electron chi connectivity index (χ1n) is 18.1. The number of aromatic carboxylic acids is 1. The van der Waals surface area contributed by atoms with Gasteiger partial charge < -0.3 is 34.8 Å². The molecule has 2 aromatic heterocycles. The van der Waals surface area contributed by atoms with Gasteiger partial charge in [0.15, 0.2) is 17.9 Å². The molecule has 5 rings (SSSR count). The number of aromatic nitrogens is 2. The van der Waals surface area contributed by atoms with Gasteiger partial charge >= 0.3 is 5.97 Å². The van der Waals surface area contributed by atoms with Gasteiger partial charge in [-0.05, 0) is 44.9 Å². The molecule has 0 aliphatic heterocycles. The molecule has 300 valence electrons. The number of nitrogens with two attached hydrogens (primary N) is 1. The number of amides is 2. The van der Waals surface area contributed by atoms with Gasteiger partial charge in [0.05, 0.1) is 6.04 Å². The maximum Gasteiger partial charge on any atom is 0.374 e. The van der Waals surface area contributed by atoms with Gasteiger partial charge in [0, 0.05) is 25.0 Å². The Labute approximate surface area is 326 Å². The van der Waals surface area contributed by atoms with Gasteiger partial charge in [-0.15, -0.1) is 0 Å². The van der Waals surface area contributed by atoms with E-state index in [0.29, 0.717) is 34.5 Å². The van der Waals surface area contributed by atoms with E-state index in [0.717, 1.165) is 11.1 Å². The Morgan fingerprint density at radius 3 is 1.56 bits per heavy atom. The first-order valence-corrected chi connectivity index (χ1v) is 18.1. The number of benzene rings is 3. The monoisotopic (exact) mass is 760 g/mol. The van der Waals surface area contributed by atoms with E-state index in [2.05, 4.69) is 15.3 Å². The standard InChI is InChI=1S/C25H29N3O5.C11H9NO3.3C2H6.CH4/c1-15-27-20(17-8-6-5-7-9-17)22(32-15)24(31)28-19(21(29)23(26)30)14-16-10-12-18(13-11-16)33-25(2,3)4;1-7-12-9(10(15-7)11(13)14)8-5-3-2-4-6-8;3*1-2;/h5-13,19,21,29H,14H2,1-4H3,(H2,26,30)(H,28,31);2-6H,1H3,(H,13,14);3*1-2H3;1H4. The summed E-state index contributed by atoms with van der Waals surface area (Å²) in [6.45, 7) is 21.1. The van der Waals surface area contributed by atoms with Crippen LogP contribution in [0.1, 0.15) is 108 Å². The lowest BCUT2D eigenvalue weighted by molar-refractivity contribution is -0.127. The van der Waals surface area contributed by atoms with Crippen molar-refractivity contribution in [2.75, 3.05) is 0 Å². The summed E-state index contributed by atoms with van der Waals surface area (Å²) in [6.07, 6.45) is -1.43. The molecule has 2 unspecified atom stereocenters. The van der Waals surface area contributed by atoms with Crippen molar-refractivity contribution in [1.29, 1.82) is 0 Å². The summed E-state index contributed by atoms with van der Waals surface area (Å²) in [7, 11) is 0. The second-order valence-corrected chi connectivity index (χ2v) is 11.8. The molecule has 0 aliphatic carbocycles. The topological polar surface area (TPSA) is 191 Å². The molecule has 5 aromatic rings. The Morgan fingerprint density at radius 2 is 1.16 bits per heavy atom. The fraction of sp³-hybridized carbons (Fsp3) is 0.372. The summed E-state index contributed by atoms with van der Waals surface area (Å²) in [5, 5.41) is 22.0. The number of nitrogens with one attached hydrogen (secondary N) is 1. The summed E-state index contributed by atoms with van der Waals surface area (Å²) in [6, 6.07) is 24.5. The molecule has 0 bridgehead atoms. The zero-order valence-electron chi connectivity index (χ0n) is 33.3. The van der Waals surface area contributed by atoms with Gasteiger partial charge in [0.1, 0.15) is 22.7 Å². The molecule has 0 spiro atoms. The second-order valence-electron chi connectivity index (χ2n) is 11.8. The zero-order chi connectivity index (χ0) is 41.0. The second kappa shape index (κ2) is 24.5. The number of ether oxygens (including phenoxy) is 1. The molecule has 2 heterocycles. The van der Waals surface area contributed by atoms with Crippen LogP contribution in [0.2, 0.25) is 0 Å². The van der Waals surface area contributed by atoms with Crippen LogP contribution in [0.4, 0.5) is 0 Å². The van der Waals surface area contributed by atoms with E-state index in [1.807, 2.05) is 123 Å². The molecule has 12 nitrogen and oxygen atoms in total. The third kappa shape index (κ3) is 15.6. The van der Waals surface area contributed by atoms with Gasteiger partial charge in [-0.3, -0.25) is 9.59 Å². The number of carbonyl (C=O) groups excluding carboxylic acids is 2. The van der Waals surface area contributed by atoms with Crippen LogP contribution in [0, 0.1) is 13.8 Å². The predicted molar refractivity (Wildman–Crippen MR) is 218 cm³/mol. The van der Waals surface area contributed by atoms with Gasteiger partial charge in [-0.1, -0.05) is 122 Å². The number of carbonyl (C=O) groups is 3. The SMILES string of the molecule is C.CC.CC.CC.Cc1nc(-c2ccccc2)c(C(=O)NC(Cc2ccc(OC(C)(C)C)cc2)C(O)C(N)=O)o1.Cc1nc(-c2ccccc2)c(C(=O)O)o1. The van der Waals surface area contributed by atoms with E-state index in [9.17, 15) is 19.5 Å². The highest BCUT2D eigenvalue weighted by Crippen LogP contribution is 2.25. The van der Waals surface area contributed by atoms with E-state index in [1.165, 1.54) is 0 Å². The van der Waals surface area contributed by atoms with Gasteiger partial charge in [0.2, 0.25) is 17.4 Å². The minimum Gasteiger partial charge on any atom is -0.488 e. The van der Waals surface area contributed by atoms with Crippen molar-refractivity contribution >= 4 is 17.8 Å². The fourth-order valence-electron chi connectivity index (χ4n) is 4.71. The third-order valence-corrected chi connectivity index (χ3v) is 6.76. The number of hydrogen-bond acceptors (Lipinski definition) is 9. The highest BCUT2D eigenvalue weighted by Gasteiger charge is 2.29. The number of aryl methyl sites for hydroxylation is 2. The van der Waals surface area contributed by atoms with Crippen LogP contribution >= 0.6 is 0 Å². The molecule has 0 saturated heterocycles. The molecule has 0 saturated carbocycles. The number of rotatable bonds is 10. The normalized spacial score (nSPS) is 11.1. The lowest BCUT2D eigenvalue weighted by atomic mass is 10.00. The van der Waals surface area contributed by atoms with Crippen LogP contribution in [-0.4, -0.2) is 55.7 Å². The van der Waals surface area contributed by atoms with E-state index < -0.39 is 29.9 Å². The molecular weight excluding hydrogens is 700 g/mol. The number of carboxylic acid groups (broad SMARTS) is 1. The molecule has 55 heavy (non-hydrogen) atoms. The number of primary amides is 1. The molecule has 3 aromatic carbocycles. The van der Waals surface area contributed by atoms with Gasteiger partial charge in [-0.25, -0.2) is 14.8 Å². The summed E-state index contributed by atoms with van der Waals surface area (Å²) < 4.78 is 16.4. The molecule has 12 heteroatoms. The maximum absolute atomic E-state index is 13.1. The lowest BCUT2D eigenvalue weighted by Gasteiger charge is -2.23. The first-order chi connectivity index (χ1) is 25.7. The van der Waals surface area contributed by atoms with Crippen LogP contribution in [0.25, 0.3) is 22.5 Å². The van der Waals surface area contributed by atoms with Gasteiger partial charge in [0.25, 0.3) is 5.91 Å². The van der Waals surface area contributed by atoms with Crippen LogP contribution in [-0.2, 0) is 11.2 Å². The van der Waals surface area contributed by atoms with E-state index in [-0.39, 0.29) is 31.0 Å². The summed E-state index contributed by atoms with van der Waals surface area (Å²) in [5.74, 6) is -1.40. The highest BCUT2D eigenvalue weighted by molar-refractivity contribution is 5.98. The van der Waals surface area contributed by atoms with Crippen LogP contribution in [0.5, 0.6) is 5.75 Å². The lowest BCUT2D eigenvalue weighted by Crippen LogP contribution is -2.50. The van der Waals surface area contributed by atoms with Crippen LogP contribution < -0.4 is 15.8 Å². The molecule has 0 fully saturated rings. The van der Waals surface area contributed by atoms with E-state index in [4.69, 9.17) is 24.4 Å². The smallest absolute Gasteiger partial charge is 0.374 e. The predicted octanol–water partition coefficient (Wildman–Crippen LogP) is 9.08. The average molecular weight is 761 g/mol. The quantitative estimate of drug-likeness (QED) is 0.107. The number of oxazole rings is 2. The van der Waals surface area contributed by atoms with Crippen LogP contribution in [0.15, 0.2) is 93.8 Å².